The lowest BCUT2D eigenvalue weighted by molar-refractivity contribution is 0.0596. The molecule has 21 heavy (non-hydrogen) atoms. The van der Waals surface area contributed by atoms with E-state index in [1.807, 2.05) is 48.1 Å². The maximum absolute atomic E-state index is 10.6. The van der Waals surface area contributed by atoms with Crippen molar-refractivity contribution in [3.8, 4) is 0 Å². The molecule has 0 fully saturated rings. The summed E-state index contributed by atoms with van der Waals surface area (Å²) in [7, 11) is 0. The third kappa shape index (κ3) is 4.68. The molecule has 2 aromatic rings. The molecule has 1 N–H and O–H groups in total. The van der Waals surface area contributed by atoms with Crippen LogP contribution in [0.3, 0.4) is 0 Å². The Labute approximate surface area is 135 Å². The topological polar surface area (TPSA) is 38.0 Å². The van der Waals surface area contributed by atoms with Crippen molar-refractivity contribution in [1.82, 2.24) is 9.78 Å². The zero-order chi connectivity index (χ0) is 15.5. The van der Waals surface area contributed by atoms with Gasteiger partial charge < -0.3 is 5.11 Å². The Bertz CT molecular complexity index is 575. The molecule has 3 nitrogen and oxygen atoms in total. The van der Waals surface area contributed by atoms with Crippen LogP contribution in [0.4, 0.5) is 0 Å². The lowest BCUT2D eigenvalue weighted by Crippen LogP contribution is -2.30. The molecule has 0 bridgehead atoms. The normalized spacial score (nSPS) is 15.7. The van der Waals surface area contributed by atoms with E-state index in [1.54, 1.807) is 0 Å². The molecule has 0 aliphatic carbocycles. The molecule has 0 radical (unpaired) electrons. The minimum absolute atomic E-state index is 0.398. The van der Waals surface area contributed by atoms with Gasteiger partial charge in [0.2, 0.25) is 0 Å². The van der Waals surface area contributed by atoms with Crippen molar-refractivity contribution >= 4 is 15.9 Å². The van der Waals surface area contributed by atoms with Crippen LogP contribution in [0.15, 0.2) is 41.0 Å². The summed E-state index contributed by atoms with van der Waals surface area (Å²) >= 11 is 3.43. The third-order valence-electron chi connectivity index (χ3n) is 3.77. The molecule has 4 heteroatoms. The standard InChI is InChI=1S/C17H23BrN2O/c1-4-13(2)20-10-9-16(19-20)12-17(3,21)11-14-5-7-15(18)8-6-14/h5-10,13,21H,4,11-12H2,1-3H3. The van der Waals surface area contributed by atoms with Gasteiger partial charge in [-0.3, -0.25) is 4.68 Å². The van der Waals surface area contributed by atoms with E-state index in [9.17, 15) is 5.11 Å². The highest BCUT2D eigenvalue weighted by atomic mass is 79.9. The summed E-state index contributed by atoms with van der Waals surface area (Å²) in [6.45, 7) is 6.17. The number of hydrogen-bond acceptors (Lipinski definition) is 2. The summed E-state index contributed by atoms with van der Waals surface area (Å²) in [5, 5.41) is 15.2. The van der Waals surface area contributed by atoms with E-state index in [0.717, 1.165) is 22.2 Å². The third-order valence-corrected chi connectivity index (χ3v) is 4.29. The van der Waals surface area contributed by atoms with Crippen molar-refractivity contribution in [3.05, 3.63) is 52.3 Å². The predicted octanol–water partition coefficient (Wildman–Crippen LogP) is 4.15. The first-order valence-corrected chi connectivity index (χ1v) is 8.20. The molecule has 2 unspecified atom stereocenters. The van der Waals surface area contributed by atoms with Gasteiger partial charge in [0, 0.05) is 29.6 Å². The molecule has 0 aliphatic heterocycles. The van der Waals surface area contributed by atoms with Crippen LogP contribution in [0.25, 0.3) is 0 Å². The Morgan fingerprint density at radius 2 is 1.90 bits per heavy atom. The monoisotopic (exact) mass is 350 g/mol. The number of halogens is 1. The average molecular weight is 351 g/mol. The highest BCUT2D eigenvalue weighted by Gasteiger charge is 2.23. The van der Waals surface area contributed by atoms with E-state index in [-0.39, 0.29) is 0 Å². The number of hydrogen-bond donors (Lipinski definition) is 1. The van der Waals surface area contributed by atoms with Crippen molar-refractivity contribution in [3.63, 3.8) is 0 Å². The fourth-order valence-corrected chi connectivity index (χ4v) is 2.66. The number of nitrogens with zero attached hydrogens (tertiary/aromatic N) is 2. The van der Waals surface area contributed by atoms with Crippen molar-refractivity contribution in [2.24, 2.45) is 0 Å². The second-order valence-electron chi connectivity index (χ2n) is 6.02. The van der Waals surface area contributed by atoms with Crippen LogP contribution in [0.1, 0.15) is 44.5 Å². The molecule has 1 heterocycles. The Kier molecular flexibility index (Phi) is 5.22. The zero-order valence-electron chi connectivity index (χ0n) is 12.9. The molecule has 0 spiro atoms. The van der Waals surface area contributed by atoms with E-state index >= 15 is 0 Å². The van der Waals surface area contributed by atoms with Gasteiger partial charge in [0.1, 0.15) is 0 Å². The van der Waals surface area contributed by atoms with Gasteiger partial charge in [-0.15, -0.1) is 0 Å². The van der Waals surface area contributed by atoms with Crippen LogP contribution in [-0.4, -0.2) is 20.5 Å². The van der Waals surface area contributed by atoms with Gasteiger partial charge in [0.25, 0.3) is 0 Å². The number of aromatic nitrogens is 2. The van der Waals surface area contributed by atoms with Crippen molar-refractivity contribution in [2.45, 2.75) is 51.7 Å². The quantitative estimate of drug-likeness (QED) is 0.849. The molecule has 0 amide bonds. The largest absolute Gasteiger partial charge is 0.389 e. The summed E-state index contributed by atoms with van der Waals surface area (Å²) in [6.07, 6.45) is 4.23. The van der Waals surface area contributed by atoms with Crippen LogP contribution < -0.4 is 0 Å². The Balaban J connectivity index is 2.03. The summed E-state index contributed by atoms with van der Waals surface area (Å²) in [6, 6.07) is 10.5. The lowest BCUT2D eigenvalue weighted by atomic mass is 9.92. The van der Waals surface area contributed by atoms with E-state index in [0.29, 0.717) is 18.9 Å². The predicted molar refractivity (Wildman–Crippen MR) is 89.4 cm³/mol. The molecular weight excluding hydrogens is 328 g/mol. The molecular formula is C17H23BrN2O. The summed E-state index contributed by atoms with van der Waals surface area (Å²) in [5.74, 6) is 0. The first-order valence-electron chi connectivity index (χ1n) is 7.40. The fraction of sp³-hybridized carbons (Fsp3) is 0.471. The van der Waals surface area contributed by atoms with Crippen LogP contribution in [0, 0.1) is 0 Å². The lowest BCUT2D eigenvalue weighted by Gasteiger charge is -2.22. The zero-order valence-corrected chi connectivity index (χ0v) is 14.5. The van der Waals surface area contributed by atoms with Crippen LogP contribution >= 0.6 is 15.9 Å². The number of rotatable bonds is 6. The molecule has 2 atom stereocenters. The molecule has 0 saturated carbocycles. The van der Waals surface area contributed by atoms with Crippen molar-refractivity contribution < 1.29 is 5.11 Å². The van der Waals surface area contributed by atoms with Gasteiger partial charge in [-0.2, -0.15) is 5.10 Å². The van der Waals surface area contributed by atoms with Crippen molar-refractivity contribution in [2.75, 3.05) is 0 Å². The highest BCUT2D eigenvalue weighted by molar-refractivity contribution is 9.10. The van der Waals surface area contributed by atoms with E-state index in [4.69, 9.17) is 0 Å². The smallest absolute Gasteiger partial charge is 0.0715 e. The summed E-state index contributed by atoms with van der Waals surface area (Å²) in [5.41, 5.74) is 1.28. The number of aliphatic hydroxyl groups is 1. The Hall–Kier alpha value is -1.13. The summed E-state index contributed by atoms with van der Waals surface area (Å²) < 4.78 is 3.03. The van der Waals surface area contributed by atoms with E-state index in [2.05, 4.69) is 34.9 Å². The van der Waals surface area contributed by atoms with Gasteiger partial charge in [-0.25, -0.2) is 0 Å². The van der Waals surface area contributed by atoms with Gasteiger partial charge in [0.15, 0.2) is 0 Å². The van der Waals surface area contributed by atoms with Crippen molar-refractivity contribution in [1.29, 1.82) is 0 Å². The summed E-state index contributed by atoms with van der Waals surface area (Å²) in [4.78, 5) is 0. The molecule has 114 valence electrons. The van der Waals surface area contributed by atoms with E-state index in [1.165, 1.54) is 0 Å². The minimum atomic E-state index is -0.789. The number of benzene rings is 1. The Morgan fingerprint density at radius 3 is 2.52 bits per heavy atom. The maximum atomic E-state index is 10.6. The van der Waals surface area contributed by atoms with Gasteiger partial charge >= 0.3 is 0 Å². The first kappa shape index (κ1) is 16.2. The molecule has 1 aromatic carbocycles. The second-order valence-corrected chi connectivity index (χ2v) is 6.94. The van der Waals surface area contributed by atoms with E-state index < -0.39 is 5.60 Å². The molecule has 0 saturated heterocycles. The van der Waals surface area contributed by atoms with Gasteiger partial charge in [-0.05, 0) is 44.0 Å². The molecule has 0 aliphatic rings. The van der Waals surface area contributed by atoms with Crippen LogP contribution in [-0.2, 0) is 12.8 Å². The SMILES string of the molecule is CCC(C)n1ccc(CC(C)(O)Cc2ccc(Br)cc2)n1. The Morgan fingerprint density at radius 1 is 1.24 bits per heavy atom. The highest BCUT2D eigenvalue weighted by Crippen LogP contribution is 2.20. The van der Waals surface area contributed by atoms with Crippen LogP contribution in [0.2, 0.25) is 0 Å². The molecule has 1 aromatic heterocycles. The fourth-order valence-electron chi connectivity index (χ4n) is 2.40. The van der Waals surface area contributed by atoms with Gasteiger partial charge in [0.05, 0.1) is 11.3 Å². The van der Waals surface area contributed by atoms with Crippen LogP contribution in [0.5, 0.6) is 0 Å². The second kappa shape index (κ2) is 6.75. The molecule has 2 rings (SSSR count). The first-order chi connectivity index (χ1) is 9.89. The average Bonchev–Trinajstić information content (AvgIpc) is 2.88. The van der Waals surface area contributed by atoms with Gasteiger partial charge in [-0.1, -0.05) is 35.0 Å². The minimum Gasteiger partial charge on any atom is -0.389 e. The maximum Gasteiger partial charge on any atom is 0.0715 e.